The number of esters is 4. The minimum Gasteiger partial charge on any atom is -0.472 e. The Morgan fingerprint density at radius 3 is 2.22 bits per heavy atom. The number of ether oxygens (including phenoxy) is 10. The number of allylic oxidation sites excluding steroid dienone is 1. The zero-order valence-electron chi connectivity index (χ0n) is 34.7. The Balaban J connectivity index is 1.54. The monoisotopic (exact) mass is 818 g/mol. The van der Waals surface area contributed by atoms with Gasteiger partial charge in [0.05, 0.1) is 39.3 Å². The highest BCUT2D eigenvalue weighted by Gasteiger charge is 3.07. The van der Waals surface area contributed by atoms with Crippen LogP contribution in [0.15, 0.2) is 34.7 Å². The summed E-state index contributed by atoms with van der Waals surface area (Å²) in [4.78, 5) is 55.0. The predicted octanol–water partition coefficient (Wildman–Crippen LogP) is 3.28. The quantitative estimate of drug-likeness (QED) is 0.186. The van der Waals surface area contributed by atoms with Crippen LogP contribution in [0, 0.1) is 22.2 Å². The highest BCUT2D eigenvalue weighted by atomic mass is 17.0. The second kappa shape index (κ2) is 12.3. The van der Waals surface area contributed by atoms with E-state index in [0.717, 1.165) is 0 Å². The fraction of sp³-hybridized carbons (Fsp3) is 0.756. The Morgan fingerprint density at radius 2 is 1.66 bits per heavy atom. The molecule has 17 heteroatoms. The molecule has 0 aromatic carbocycles. The first-order chi connectivity index (χ1) is 27.1. The zero-order chi connectivity index (χ0) is 42.5. The molecule has 0 radical (unpaired) electrons. The van der Waals surface area contributed by atoms with Crippen molar-refractivity contribution in [3.8, 4) is 0 Å². The van der Waals surface area contributed by atoms with E-state index in [4.69, 9.17) is 51.8 Å². The average Bonchev–Trinajstić information content (AvgIpc) is 4.00. The van der Waals surface area contributed by atoms with Gasteiger partial charge >= 0.3 is 23.9 Å². The summed E-state index contributed by atoms with van der Waals surface area (Å²) in [6.45, 7) is 12.9. The van der Waals surface area contributed by atoms with Crippen LogP contribution in [0.25, 0.3) is 0 Å². The van der Waals surface area contributed by atoms with Crippen molar-refractivity contribution in [1.82, 2.24) is 0 Å². The Hall–Kier alpha value is -3.42. The third-order valence-corrected chi connectivity index (χ3v) is 15.6. The van der Waals surface area contributed by atoms with Gasteiger partial charge in [-0.25, -0.2) is 4.79 Å². The third-order valence-electron chi connectivity index (χ3n) is 15.6. The molecular weight excluding hydrogens is 764 g/mol. The minimum absolute atomic E-state index is 0.0163. The summed E-state index contributed by atoms with van der Waals surface area (Å²) in [7, 11) is 3.80. The summed E-state index contributed by atoms with van der Waals surface area (Å²) in [6.07, 6.45) is -3.05. The van der Waals surface area contributed by atoms with Gasteiger partial charge in [-0.15, -0.1) is 0 Å². The minimum atomic E-state index is -2.27. The van der Waals surface area contributed by atoms with Gasteiger partial charge in [0.25, 0.3) is 11.9 Å². The van der Waals surface area contributed by atoms with Crippen LogP contribution in [-0.4, -0.2) is 114 Å². The van der Waals surface area contributed by atoms with Crippen LogP contribution in [0.4, 0.5) is 0 Å². The lowest BCUT2D eigenvalue weighted by Crippen LogP contribution is -2.97. The number of hydrogen-bond donors (Lipinski definition) is 2. The van der Waals surface area contributed by atoms with Crippen molar-refractivity contribution in [2.45, 2.75) is 152 Å². The van der Waals surface area contributed by atoms with E-state index >= 15 is 0 Å². The van der Waals surface area contributed by atoms with Crippen LogP contribution in [0.1, 0.15) is 99.2 Å². The number of aliphatic hydroxyl groups excluding tert-OH is 1. The molecule has 17 nitrogen and oxygen atoms in total. The first kappa shape index (κ1) is 41.3. The number of furan rings is 1. The Bertz CT molecular complexity index is 1960. The van der Waals surface area contributed by atoms with Gasteiger partial charge in [-0.2, -0.15) is 0 Å². The molecule has 1 aromatic heterocycles. The van der Waals surface area contributed by atoms with Crippen molar-refractivity contribution in [1.29, 1.82) is 0 Å². The van der Waals surface area contributed by atoms with Crippen molar-refractivity contribution in [2.75, 3.05) is 21.3 Å². The molecular formula is C41H54O17. The number of fused-ring (bicyclic) bond motifs is 2. The highest BCUT2D eigenvalue weighted by molar-refractivity contribution is 5.88. The molecule has 4 heterocycles. The van der Waals surface area contributed by atoms with Gasteiger partial charge in [-0.05, 0) is 38.7 Å². The van der Waals surface area contributed by atoms with E-state index < -0.39 is 117 Å². The number of aliphatic hydroxyl groups is 2. The van der Waals surface area contributed by atoms with Crippen molar-refractivity contribution in [3.63, 3.8) is 0 Å². The van der Waals surface area contributed by atoms with Gasteiger partial charge in [-0.3, -0.25) is 14.4 Å². The van der Waals surface area contributed by atoms with E-state index in [9.17, 15) is 29.4 Å². The van der Waals surface area contributed by atoms with Crippen LogP contribution >= 0.6 is 0 Å². The second-order valence-corrected chi connectivity index (χ2v) is 17.9. The number of carbonyl (C=O) groups excluding carboxylic acids is 4. The van der Waals surface area contributed by atoms with E-state index in [1.807, 2.05) is 0 Å². The fourth-order valence-electron chi connectivity index (χ4n) is 13.6. The lowest BCUT2D eigenvalue weighted by molar-refractivity contribution is -0.468. The molecule has 2 N–H and O–H groups in total. The molecule has 0 amide bonds. The number of carbonyl (C=O) groups is 4. The predicted molar refractivity (Wildman–Crippen MR) is 192 cm³/mol. The van der Waals surface area contributed by atoms with Crippen LogP contribution < -0.4 is 0 Å². The standard InChI is InChI=1S/C41H54O17/c1-12-21(3)29(46)53-30-32(5)20-36(47)34(7,24(32)16-26(44)48-9)40-25(43)17-33(6,28(52-22(4)42)23-14-15-51-19-23)37(18-27(45)49-10)41(40,57-35(8,55-37)56-40)31-39(30,36)58-38(13-2,50-11)54-31/h12,14-15,19,24-25,28,30-31,43,47H,13,16-18,20H2,1-11H3/t24-,25+,28-,30-,31+,32+,33-,34+,35+,36+,37-,38+,39-,40-,41-/m0/s1. The molecule has 7 fully saturated rings. The van der Waals surface area contributed by atoms with E-state index in [1.165, 1.54) is 47.7 Å². The van der Waals surface area contributed by atoms with Crippen molar-refractivity contribution >= 4 is 23.9 Å². The molecule has 4 bridgehead atoms. The molecule has 15 atom stereocenters. The van der Waals surface area contributed by atoms with E-state index in [-0.39, 0.29) is 31.3 Å². The van der Waals surface area contributed by atoms with Crippen LogP contribution in [0.2, 0.25) is 0 Å². The summed E-state index contributed by atoms with van der Waals surface area (Å²) < 4.78 is 70.5. The SMILES string of the molecule is CC=C(C)C(=O)O[C@H]1[C@]2(C)C[C@]3(O)[C@]14O[C@](CC)(OC)O[C@H]4[C@]14O[C@]5(C)O[C@@]1(CC(=O)OC)[C@](C)([C@@H](OC(C)=O)c1ccoc1)C[C@@H](O)[C@]4(O5)[C@]3(C)[C@H]2CC(=O)OC. The van der Waals surface area contributed by atoms with Gasteiger partial charge in [0.1, 0.15) is 35.1 Å². The van der Waals surface area contributed by atoms with E-state index in [1.54, 1.807) is 53.7 Å². The van der Waals surface area contributed by atoms with E-state index in [2.05, 4.69) is 0 Å². The van der Waals surface area contributed by atoms with Gasteiger partial charge in [0.2, 0.25) is 0 Å². The molecule has 3 aliphatic heterocycles. The molecule has 320 valence electrons. The normalized spacial score (nSPS) is 49.6. The average molecular weight is 819 g/mol. The molecule has 8 rings (SSSR count). The highest BCUT2D eigenvalue weighted by Crippen LogP contribution is 2.90. The summed E-state index contributed by atoms with van der Waals surface area (Å²) in [6, 6.07) is 1.59. The lowest BCUT2D eigenvalue weighted by atomic mass is 9.32. The molecule has 2 spiro atoms. The first-order valence-electron chi connectivity index (χ1n) is 19.7. The third kappa shape index (κ3) is 4.20. The maximum atomic E-state index is 14.2. The largest absolute Gasteiger partial charge is 0.472 e. The summed E-state index contributed by atoms with van der Waals surface area (Å²) >= 11 is 0. The zero-order valence-corrected chi connectivity index (χ0v) is 34.7. The molecule has 3 saturated heterocycles. The maximum absolute atomic E-state index is 14.2. The smallest absolute Gasteiger partial charge is 0.333 e. The molecule has 4 saturated carbocycles. The molecule has 0 unspecified atom stereocenters. The van der Waals surface area contributed by atoms with E-state index in [0.29, 0.717) is 5.56 Å². The lowest BCUT2D eigenvalue weighted by Gasteiger charge is -2.78. The van der Waals surface area contributed by atoms with Crippen molar-refractivity contribution in [2.24, 2.45) is 22.2 Å². The Morgan fingerprint density at radius 1 is 0.983 bits per heavy atom. The summed E-state index contributed by atoms with van der Waals surface area (Å²) in [5.74, 6) is -7.95. The number of methoxy groups -OCH3 is 3. The summed E-state index contributed by atoms with van der Waals surface area (Å²) in [5, 5.41) is 27.4. The molecule has 7 aliphatic rings. The van der Waals surface area contributed by atoms with Crippen molar-refractivity contribution < 1.29 is 81.2 Å². The first-order valence-corrected chi connectivity index (χ1v) is 19.7. The molecule has 58 heavy (non-hydrogen) atoms. The van der Waals surface area contributed by atoms with Gasteiger partial charge in [0, 0.05) is 61.2 Å². The topological polar surface area (TPSA) is 214 Å². The van der Waals surface area contributed by atoms with Crippen LogP contribution in [0.5, 0.6) is 0 Å². The van der Waals surface area contributed by atoms with Gasteiger partial charge in [-0.1, -0.05) is 33.8 Å². The van der Waals surface area contributed by atoms with Gasteiger partial charge < -0.3 is 62.0 Å². The molecule has 1 aromatic rings. The second-order valence-electron chi connectivity index (χ2n) is 17.9. The Kier molecular flexibility index (Phi) is 8.79. The maximum Gasteiger partial charge on any atom is 0.333 e. The number of rotatable bonds is 11. The fourth-order valence-corrected chi connectivity index (χ4v) is 13.6. The van der Waals surface area contributed by atoms with Crippen LogP contribution in [-0.2, 0) is 66.5 Å². The van der Waals surface area contributed by atoms with Gasteiger partial charge in [0.15, 0.2) is 11.2 Å². The summed E-state index contributed by atoms with van der Waals surface area (Å²) in [5.41, 5.74) is -15.0. The number of hydrogen-bond acceptors (Lipinski definition) is 17. The Labute approximate surface area is 335 Å². The van der Waals surface area contributed by atoms with Crippen molar-refractivity contribution in [3.05, 3.63) is 35.8 Å². The molecule has 4 aliphatic carbocycles. The van der Waals surface area contributed by atoms with Crippen LogP contribution in [0.3, 0.4) is 0 Å².